The summed E-state index contributed by atoms with van der Waals surface area (Å²) in [6, 6.07) is 5.10. The predicted octanol–water partition coefficient (Wildman–Crippen LogP) is 3.16. The van der Waals surface area contributed by atoms with Crippen molar-refractivity contribution in [1.82, 2.24) is 9.97 Å². The maximum atomic E-state index is 13.7. The minimum Gasteiger partial charge on any atom is -0.354 e. The zero-order chi connectivity index (χ0) is 13.1. The molecule has 0 aliphatic rings. The van der Waals surface area contributed by atoms with Gasteiger partial charge in [-0.3, -0.25) is 0 Å². The molecule has 0 atom stereocenters. The van der Waals surface area contributed by atoms with Gasteiger partial charge < -0.3 is 5.32 Å². The number of halogens is 2. The molecule has 0 spiro atoms. The molecule has 1 aromatic heterocycles. The van der Waals surface area contributed by atoms with E-state index in [9.17, 15) is 8.78 Å². The van der Waals surface area contributed by atoms with Crippen LogP contribution in [0.25, 0.3) is 11.3 Å². The van der Waals surface area contributed by atoms with Gasteiger partial charge in [-0.15, -0.1) is 0 Å². The Morgan fingerprint density at radius 3 is 2.61 bits per heavy atom. The number of nitrogens with one attached hydrogen (secondary N) is 1. The first-order valence-electron chi connectivity index (χ1n) is 5.65. The summed E-state index contributed by atoms with van der Waals surface area (Å²) in [5.74, 6) is -0.791. The third kappa shape index (κ3) is 2.61. The lowest BCUT2D eigenvalue weighted by Gasteiger charge is -2.07. The molecule has 94 valence electrons. The van der Waals surface area contributed by atoms with Gasteiger partial charge in [-0.1, -0.05) is 0 Å². The number of aromatic nitrogens is 2. The third-order valence-corrected chi connectivity index (χ3v) is 2.40. The van der Waals surface area contributed by atoms with Crippen LogP contribution < -0.4 is 5.32 Å². The standard InChI is InChI=1S/C13H13F2N3/c1-3-16-13-17-8(2)6-12(18-13)10-5-4-9(14)7-11(10)15/h4-7H,3H2,1-2H3,(H,16,17,18). The molecule has 0 aliphatic carbocycles. The average Bonchev–Trinajstić information content (AvgIpc) is 2.28. The normalized spacial score (nSPS) is 10.4. The Bertz CT molecular complexity index is 570. The zero-order valence-electron chi connectivity index (χ0n) is 10.2. The van der Waals surface area contributed by atoms with E-state index in [1.807, 2.05) is 6.92 Å². The predicted molar refractivity (Wildman–Crippen MR) is 66.3 cm³/mol. The second-order valence-corrected chi connectivity index (χ2v) is 3.87. The molecule has 0 aliphatic heterocycles. The van der Waals surface area contributed by atoms with E-state index in [-0.39, 0.29) is 5.56 Å². The molecule has 0 saturated carbocycles. The molecule has 18 heavy (non-hydrogen) atoms. The Balaban J connectivity index is 2.49. The first-order chi connectivity index (χ1) is 8.60. The molecule has 0 radical (unpaired) electrons. The van der Waals surface area contributed by atoms with Crippen LogP contribution in [0.1, 0.15) is 12.6 Å². The fourth-order valence-electron chi connectivity index (χ4n) is 1.64. The molecular formula is C13H13F2N3. The molecular weight excluding hydrogens is 236 g/mol. The Labute approximate surface area is 104 Å². The van der Waals surface area contributed by atoms with Crippen molar-refractivity contribution in [3.05, 3.63) is 41.6 Å². The van der Waals surface area contributed by atoms with Crippen LogP contribution in [0.3, 0.4) is 0 Å². The van der Waals surface area contributed by atoms with Gasteiger partial charge in [0.15, 0.2) is 0 Å². The van der Waals surface area contributed by atoms with E-state index in [0.717, 1.165) is 11.8 Å². The van der Waals surface area contributed by atoms with Crippen LogP contribution in [-0.2, 0) is 0 Å². The Morgan fingerprint density at radius 2 is 1.94 bits per heavy atom. The summed E-state index contributed by atoms with van der Waals surface area (Å²) >= 11 is 0. The second kappa shape index (κ2) is 5.08. The molecule has 1 heterocycles. The fourth-order valence-corrected chi connectivity index (χ4v) is 1.64. The first-order valence-corrected chi connectivity index (χ1v) is 5.65. The number of nitrogens with zero attached hydrogens (tertiary/aromatic N) is 2. The van der Waals surface area contributed by atoms with Crippen LogP contribution in [0.4, 0.5) is 14.7 Å². The van der Waals surface area contributed by atoms with Gasteiger partial charge in [0, 0.05) is 23.9 Å². The molecule has 2 rings (SSSR count). The van der Waals surface area contributed by atoms with Gasteiger partial charge in [-0.05, 0) is 32.0 Å². The van der Waals surface area contributed by atoms with Crippen molar-refractivity contribution in [3.63, 3.8) is 0 Å². The molecule has 0 bridgehead atoms. The molecule has 0 saturated heterocycles. The van der Waals surface area contributed by atoms with E-state index < -0.39 is 11.6 Å². The van der Waals surface area contributed by atoms with E-state index in [1.165, 1.54) is 12.1 Å². The van der Waals surface area contributed by atoms with Crippen molar-refractivity contribution in [2.75, 3.05) is 11.9 Å². The molecule has 0 amide bonds. The van der Waals surface area contributed by atoms with Crippen molar-refractivity contribution in [1.29, 1.82) is 0 Å². The fraction of sp³-hybridized carbons (Fsp3) is 0.231. The smallest absolute Gasteiger partial charge is 0.223 e. The number of rotatable bonds is 3. The van der Waals surface area contributed by atoms with E-state index >= 15 is 0 Å². The van der Waals surface area contributed by atoms with E-state index in [4.69, 9.17) is 0 Å². The Morgan fingerprint density at radius 1 is 1.17 bits per heavy atom. The Kier molecular flexibility index (Phi) is 3.50. The maximum Gasteiger partial charge on any atom is 0.223 e. The maximum absolute atomic E-state index is 13.7. The second-order valence-electron chi connectivity index (χ2n) is 3.87. The molecule has 2 aromatic rings. The lowest BCUT2D eigenvalue weighted by Crippen LogP contribution is -2.04. The lowest BCUT2D eigenvalue weighted by atomic mass is 10.1. The van der Waals surface area contributed by atoms with Gasteiger partial charge >= 0.3 is 0 Å². The van der Waals surface area contributed by atoms with Gasteiger partial charge in [0.2, 0.25) is 5.95 Å². The summed E-state index contributed by atoms with van der Waals surface area (Å²) in [4.78, 5) is 8.38. The van der Waals surface area contributed by atoms with Gasteiger partial charge in [-0.25, -0.2) is 18.7 Å². The largest absolute Gasteiger partial charge is 0.354 e. The van der Waals surface area contributed by atoms with Crippen molar-refractivity contribution in [3.8, 4) is 11.3 Å². The van der Waals surface area contributed by atoms with Crippen molar-refractivity contribution in [2.45, 2.75) is 13.8 Å². The number of hydrogen-bond acceptors (Lipinski definition) is 3. The van der Waals surface area contributed by atoms with Crippen LogP contribution in [0.5, 0.6) is 0 Å². The van der Waals surface area contributed by atoms with Crippen molar-refractivity contribution in [2.24, 2.45) is 0 Å². The highest BCUT2D eigenvalue weighted by molar-refractivity contribution is 5.61. The van der Waals surface area contributed by atoms with Crippen LogP contribution in [0.15, 0.2) is 24.3 Å². The summed E-state index contributed by atoms with van der Waals surface area (Å²) in [6.07, 6.45) is 0. The van der Waals surface area contributed by atoms with Gasteiger partial charge in [0.1, 0.15) is 11.6 Å². The zero-order valence-corrected chi connectivity index (χ0v) is 10.2. The van der Waals surface area contributed by atoms with Crippen molar-refractivity contribution >= 4 is 5.95 Å². The topological polar surface area (TPSA) is 37.8 Å². The first kappa shape index (κ1) is 12.4. The highest BCUT2D eigenvalue weighted by Gasteiger charge is 2.10. The minimum atomic E-state index is -0.629. The van der Waals surface area contributed by atoms with E-state index in [0.29, 0.717) is 18.2 Å². The highest BCUT2D eigenvalue weighted by atomic mass is 19.1. The summed E-state index contributed by atoms with van der Waals surface area (Å²) in [7, 11) is 0. The number of benzene rings is 1. The Hall–Kier alpha value is -2.04. The number of anilines is 1. The molecule has 1 aromatic carbocycles. The summed E-state index contributed by atoms with van der Waals surface area (Å²) in [6.45, 7) is 4.39. The SMILES string of the molecule is CCNc1nc(C)cc(-c2ccc(F)cc2F)n1. The number of hydrogen-bond donors (Lipinski definition) is 1. The molecule has 3 nitrogen and oxygen atoms in total. The lowest BCUT2D eigenvalue weighted by molar-refractivity contribution is 0.585. The van der Waals surface area contributed by atoms with Gasteiger partial charge in [0.05, 0.1) is 5.69 Å². The van der Waals surface area contributed by atoms with Crippen LogP contribution in [-0.4, -0.2) is 16.5 Å². The third-order valence-electron chi connectivity index (χ3n) is 2.40. The van der Waals surface area contributed by atoms with Gasteiger partial charge in [0.25, 0.3) is 0 Å². The van der Waals surface area contributed by atoms with Crippen LogP contribution in [0.2, 0.25) is 0 Å². The molecule has 0 unspecified atom stereocenters. The van der Waals surface area contributed by atoms with Crippen molar-refractivity contribution < 1.29 is 8.78 Å². The van der Waals surface area contributed by atoms with E-state index in [1.54, 1.807) is 13.0 Å². The van der Waals surface area contributed by atoms with E-state index in [2.05, 4.69) is 15.3 Å². The highest BCUT2D eigenvalue weighted by Crippen LogP contribution is 2.23. The molecule has 0 fully saturated rings. The average molecular weight is 249 g/mol. The quantitative estimate of drug-likeness (QED) is 0.908. The molecule has 1 N–H and O–H groups in total. The summed E-state index contributed by atoms with van der Waals surface area (Å²) in [5.41, 5.74) is 1.43. The minimum absolute atomic E-state index is 0.265. The summed E-state index contributed by atoms with van der Waals surface area (Å²) in [5, 5.41) is 2.97. The van der Waals surface area contributed by atoms with Gasteiger partial charge in [-0.2, -0.15) is 0 Å². The monoisotopic (exact) mass is 249 g/mol. The molecule has 5 heteroatoms. The van der Waals surface area contributed by atoms with Crippen LogP contribution >= 0.6 is 0 Å². The summed E-state index contributed by atoms with van der Waals surface area (Å²) < 4.78 is 26.5. The van der Waals surface area contributed by atoms with Crippen LogP contribution in [0, 0.1) is 18.6 Å². The number of aryl methyl sites for hydroxylation is 1.